The maximum absolute atomic E-state index is 12.6. The third kappa shape index (κ3) is 4.71. The molecule has 3 fully saturated rings. The summed E-state index contributed by atoms with van der Waals surface area (Å²) < 4.78 is 43.5. The Kier molecular flexibility index (Phi) is 6.29. The molecule has 2 aromatic heterocycles. The molecule has 2 aliphatic heterocycles. The van der Waals surface area contributed by atoms with E-state index in [1.165, 1.54) is 31.2 Å². The predicted octanol–water partition coefficient (Wildman–Crippen LogP) is 4.61. The molecule has 180 valence electrons. The van der Waals surface area contributed by atoms with Crippen molar-refractivity contribution >= 4 is 10.8 Å². The number of rotatable bonds is 6. The van der Waals surface area contributed by atoms with Crippen LogP contribution in [0.25, 0.3) is 11.3 Å². The zero-order valence-corrected chi connectivity index (χ0v) is 20.1. The Balaban J connectivity index is 1.28. The largest absolute Gasteiger partial charge is 0.433 e. The van der Waals surface area contributed by atoms with E-state index in [2.05, 4.69) is 39.2 Å². The van der Waals surface area contributed by atoms with E-state index in [1.54, 1.807) is 12.3 Å². The van der Waals surface area contributed by atoms with Gasteiger partial charge >= 0.3 is 6.61 Å². The van der Waals surface area contributed by atoms with Gasteiger partial charge in [0.15, 0.2) is 0 Å². The first kappa shape index (κ1) is 22.9. The van der Waals surface area contributed by atoms with Gasteiger partial charge in [0.25, 0.3) is 0 Å². The Bertz CT molecular complexity index is 1010. The lowest BCUT2D eigenvalue weighted by atomic mass is 9.83. The lowest BCUT2D eigenvalue weighted by molar-refractivity contribution is -0.0500. The van der Waals surface area contributed by atoms with Gasteiger partial charge in [-0.15, -0.1) is 0 Å². The molecule has 1 spiro atoms. The van der Waals surface area contributed by atoms with Gasteiger partial charge in [0.1, 0.15) is 5.75 Å². The summed E-state index contributed by atoms with van der Waals surface area (Å²) in [4.78, 5) is 6.71. The third-order valence-electron chi connectivity index (χ3n) is 7.52. The molecule has 1 aliphatic carbocycles. The van der Waals surface area contributed by atoms with Crippen LogP contribution < -0.4 is 4.74 Å². The Labute approximate surface area is 196 Å². The van der Waals surface area contributed by atoms with Crippen LogP contribution >= 0.6 is 0 Å². The summed E-state index contributed by atoms with van der Waals surface area (Å²) in [7, 11) is -0.583. The van der Waals surface area contributed by atoms with Crippen molar-refractivity contribution in [1.29, 1.82) is 0 Å². The first-order chi connectivity index (χ1) is 15.8. The Morgan fingerprint density at radius 3 is 2.58 bits per heavy atom. The number of alkyl halides is 2. The molecule has 2 aromatic rings. The van der Waals surface area contributed by atoms with E-state index < -0.39 is 17.4 Å². The number of aromatic nitrogens is 3. The number of halogens is 2. The summed E-state index contributed by atoms with van der Waals surface area (Å²) in [5.74, 6) is 2.27. The molecule has 0 aromatic carbocycles. The molecular formula is C24H32F2N4O2S. The molecule has 0 atom stereocenters. The highest BCUT2D eigenvalue weighted by atomic mass is 32.2. The Morgan fingerprint density at radius 2 is 1.91 bits per heavy atom. The SMILES string of the molecule is CC(C)n1nc(-c2cncc(OC(F)F)c2)cc1C1CCC(N2CCC3(C2)CS(=O)C3)CC1. The molecular weight excluding hydrogens is 446 g/mol. The zero-order chi connectivity index (χ0) is 23.2. The van der Waals surface area contributed by atoms with Crippen LogP contribution in [0.15, 0.2) is 24.5 Å². The predicted molar refractivity (Wildman–Crippen MR) is 124 cm³/mol. The Morgan fingerprint density at radius 1 is 1.15 bits per heavy atom. The summed E-state index contributed by atoms with van der Waals surface area (Å²) in [6.07, 6.45) is 8.70. The fraction of sp³-hybridized carbons (Fsp3) is 0.667. The fourth-order valence-corrected chi connectivity index (χ4v) is 7.64. The maximum Gasteiger partial charge on any atom is 0.387 e. The van der Waals surface area contributed by atoms with Crippen molar-refractivity contribution in [1.82, 2.24) is 19.7 Å². The van der Waals surface area contributed by atoms with Crippen LogP contribution in [0.4, 0.5) is 8.78 Å². The molecule has 3 aliphatic rings. The molecule has 33 heavy (non-hydrogen) atoms. The van der Waals surface area contributed by atoms with E-state index in [4.69, 9.17) is 5.10 Å². The van der Waals surface area contributed by atoms with Crippen molar-refractivity contribution in [2.75, 3.05) is 24.6 Å². The van der Waals surface area contributed by atoms with Crippen LogP contribution in [0.3, 0.4) is 0 Å². The first-order valence-electron chi connectivity index (χ1n) is 11.9. The van der Waals surface area contributed by atoms with Gasteiger partial charge in [-0.25, -0.2) is 0 Å². The second-order valence-corrected chi connectivity index (χ2v) is 11.7. The van der Waals surface area contributed by atoms with Crippen molar-refractivity contribution in [3.8, 4) is 17.0 Å². The van der Waals surface area contributed by atoms with Gasteiger partial charge in [0.05, 0.1) is 11.9 Å². The lowest BCUT2D eigenvalue weighted by Crippen LogP contribution is -2.48. The van der Waals surface area contributed by atoms with Crippen LogP contribution in [0.1, 0.15) is 63.6 Å². The summed E-state index contributed by atoms with van der Waals surface area (Å²) in [5, 5.41) is 4.81. The molecule has 4 heterocycles. The first-order valence-corrected chi connectivity index (χ1v) is 13.4. The van der Waals surface area contributed by atoms with E-state index >= 15 is 0 Å². The monoisotopic (exact) mass is 478 g/mol. The van der Waals surface area contributed by atoms with Crippen LogP contribution in [-0.2, 0) is 10.8 Å². The second kappa shape index (κ2) is 9.06. The molecule has 0 bridgehead atoms. The molecule has 1 saturated carbocycles. The molecule has 0 N–H and O–H groups in total. The summed E-state index contributed by atoms with van der Waals surface area (Å²) in [6, 6.07) is 4.50. The van der Waals surface area contributed by atoms with Crippen LogP contribution in [-0.4, -0.2) is 61.1 Å². The number of pyridine rings is 1. The van der Waals surface area contributed by atoms with Gasteiger partial charge in [-0.1, -0.05) is 0 Å². The molecule has 5 rings (SSSR count). The van der Waals surface area contributed by atoms with Gasteiger partial charge in [0.2, 0.25) is 0 Å². The van der Waals surface area contributed by atoms with Crippen LogP contribution in [0, 0.1) is 5.41 Å². The molecule has 0 amide bonds. The maximum atomic E-state index is 12.6. The molecule has 0 unspecified atom stereocenters. The molecule has 0 radical (unpaired) electrons. The Hall–Kier alpha value is -1.87. The van der Waals surface area contributed by atoms with E-state index in [9.17, 15) is 13.0 Å². The van der Waals surface area contributed by atoms with Gasteiger partial charge in [0, 0.05) is 69.7 Å². The highest BCUT2D eigenvalue weighted by Gasteiger charge is 2.48. The minimum absolute atomic E-state index is 0.0438. The van der Waals surface area contributed by atoms with Crippen LogP contribution in [0.2, 0.25) is 0 Å². The molecule has 2 saturated heterocycles. The summed E-state index contributed by atoms with van der Waals surface area (Å²) in [5.41, 5.74) is 2.98. The summed E-state index contributed by atoms with van der Waals surface area (Å²) in [6.45, 7) is 3.62. The third-order valence-corrected chi connectivity index (χ3v) is 9.39. The minimum Gasteiger partial charge on any atom is -0.433 e. The standard InChI is InChI=1S/C24H32F2N4O2S/c1-16(2)30-22(10-21(28-30)18-9-20(12-27-11-18)32-23(25)26)17-3-5-19(6-4-17)29-8-7-24(13-29)14-33(31)15-24/h9-12,16-17,19,23H,3-8,13-15H2,1-2H3. The quantitative estimate of drug-likeness (QED) is 0.607. The van der Waals surface area contributed by atoms with Gasteiger partial charge in [-0.3, -0.25) is 18.8 Å². The lowest BCUT2D eigenvalue weighted by Gasteiger charge is -2.39. The van der Waals surface area contributed by atoms with E-state index in [0.717, 1.165) is 43.1 Å². The smallest absolute Gasteiger partial charge is 0.387 e. The molecule has 9 heteroatoms. The second-order valence-electron chi connectivity index (χ2n) is 10.2. The number of hydrogen-bond donors (Lipinski definition) is 0. The number of likely N-dealkylation sites (tertiary alicyclic amines) is 1. The fourth-order valence-electron chi connectivity index (χ4n) is 5.89. The van der Waals surface area contributed by atoms with Crippen LogP contribution in [0.5, 0.6) is 5.75 Å². The van der Waals surface area contributed by atoms with Gasteiger partial charge < -0.3 is 4.74 Å². The average molecular weight is 479 g/mol. The van der Waals surface area contributed by atoms with Crippen molar-refractivity contribution in [3.63, 3.8) is 0 Å². The highest BCUT2D eigenvalue weighted by molar-refractivity contribution is 7.86. The minimum atomic E-state index is -2.88. The highest BCUT2D eigenvalue weighted by Crippen LogP contribution is 2.43. The average Bonchev–Trinajstić information content (AvgIpc) is 3.39. The van der Waals surface area contributed by atoms with E-state index in [0.29, 0.717) is 22.9 Å². The van der Waals surface area contributed by atoms with Crippen molar-refractivity contribution in [3.05, 3.63) is 30.2 Å². The van der Waals surface area contributed by atoms with E-state index in [-0.39, 0.29) is 11.8 Å². The van der Waals surface area contributed by atoms with Crippen molar-refractivity contribution in [2.45, 2.75) is 70.6 Å². The topological polar surface area (TPSA) is 60.2 Å². The van der Waals surface area contributed by atoms with Gasteiger partial charge in [-0.05, 0) is 64.6 Å². The van der Waals surface area contributed by atoms with Crippen molar-refractivity contribution < 1.29 is 17.7 Å². The van der Waals surface area contributed by atoms with Crippen molar-refractivity contribution in [2.24, 2.45) is 5.41 Å². The normalized spacial score (nSPS) is 30.3. The number of nitrogens with zero attached hydrogens (tertiary/aromatic N) is 4. The molecule has 6 nitrogen and oxygen atoms in total. The number of ether oxygens (including phenoxy) is 1. The van der Waals surface area contributed by atoms with E-state index in [1.807, 2.05) is 0 Å². The van der Waals surface area contributed by atoms with Gasteiger partial charge in [-0.2, -0.15) is 13.9 Å². The zero-order valence-electron chi connectivity index (χ0n) is 19.3. The number of hydrogen-bond acceptors (Lipinski definition) is 5. The summed E-state index contributed by atoms with van der Waals surface area (Å²) >= 11 is 0.